The molecule has 2 aliphatic rings. The van der Waals surface area contributed by atoms with Crippen molar-refractivity contribution < 1.29 is 9.59 Å². The first kappa shape index (κ1) is 22.5. The van der Waals surface area contributed by atoms with E-state index in [1.807, 2.05) is 4.90 Å². The van der Waals surface area contributed by atoms with Crippen LogP contribution in [0.25, 0.3) is 0 Å². The molecule has 0 aromatic carbocycles. The quantitative estimate of drug-likeness (QED) is 0.396. The zero-order chi connectivity index (χ0) is 18.2. The molecule has 0 unspecified atom stereocenters. The van der Waals surface area contributed by atoms with Crippen molar-refractivity contribution in [2.75, 3.05) is 32.7 Å². The van der Waals surface area contributed by atoms with E-state index in [4.69, 9.17) is 16.9 Å². The molecule has 9 heteroatoms. The van der Waals surface area contributed by atoms with Crippen molar-refractivity contribution >= 4 is 30.2 Å². The van der Waals surface area contributed by atoms with E-state index in [1.54, 1.807) is 4.90 Å². The number of rotatable bonds is 5. The summed E-state index contributed by atoms with van der Waals surface area (Å²) in [6.07, 6.45) is 6.32. The normalized spacial score (nSPS) is 22.0. The number of guanidine groups is 1. The van der Waals surface area contributed by atoms with E-state index in [9.17, 15) is 9.59 Å². The molecular formula is C17H33ClN6O2. The fourth-order valence-corrected chi connectivity index (χ4v) is 3.59. The molecule has 2 aliphatic heterocycles. The van der Waals surface area contributed by atoms with Crippen LogP contribution in [0.15, 0.2) is 0 Å². The lowest BCUT2D eigenvalue weighted by molar-refractivity contribution is -0.135. The van der Waals surface area contributed by atoms with Crippen molar-refractivity contribution in [2.24, 2.45) is 17.4 Å². The molecule has 0 aromatic rings. The molecule has 0 radical (unpaired) electrons. The molecule has 150 valence electrons. The number of nitrogens with two attached hydrogens (primary N) is 2. The first-order chi connectivity index (χ1) is 12.0. The molecule has 2 heterocycles. The third-order valence-corrected chi connectivity index (χ3v) is 5.09. The molecule has 2 rings (SSSR count). The van der Waals surface area contributed by atoms with Gasteiger partial charge in [-0.25, -0.2) is 0 Å². The van der Waals surface area contributed by atoms with Crippen LogP contribution >= 0.6 is 12.4 Å². The molecule has 0 aliphatic carbocycles. The maximum absolute atomic E-state index is 12.4. The lowest BCUT2D eigenvalue weighted by Crippen LogP contribution is -2.48. The molecule has 0 spiro atoms. The minimum Gasteiger partial charge on any atom is -0.370 e. The number of carbonyl (C=O) groups is 2. The van der Waals surface area contributed by atoms with Gasteiger partial charge in [-0.05, 0) is 31.6 Å². The highest BCUT2D eigenvalue weighted by atomic mass is 35.5. The van der Waals surface area contributed by atoms with Gasteiger partial charge in [0.15, 0.2) is 5.96 Å². The topological polar surface area (TPSA) is 129 Å². The summed E-state index contributed by atoms with van der Waals surface area (Å²) in [4.78, 5) is 28.1. The lowest BCUT2D eigenvalue weighted by atomic mass is 9.98. The van der Waals surface area contributed by atoms with E-state index in [0.29, 0.717) is 13.1 Å². The Morgan fingerprint density at radius 1 is 1.08 bits per heavy atom. The van der Waals surface area contributed by atoms with Gasteiger partial charge in [0.25, 0.3) is 0 Å². The summed E-state index contributed by atoms with van der Waals surface area (Å²) in [5, 5.41) is 10.4. The van der Waals surface area contributed by atoms with Crippen molar-refractivity contribution in [3.63, 3.8) is 0 Å². The van der Waals surface area contributed by atoms with Crippen molar-refractivity contribution in [2.45, 2.75) is 51.0 Å². The minimum absolute atomic E-state index is 0. The van der Waals surface area contributed by atoms with Gasteiger partial charge >= 0.3 is 0 Å². The van der Waals surface area contributed by atoms with Crippen LogP contribution in [-0.4, -0.2) is 66.3 Å². The van der Waals surface area contributed by atoms with Gasteiger partial charge in [-0.1, -0.05) is 12.8 Å². The van der Waals surface area contributed by atoms with Gasteiger partial charge in [0, 0.05) is 32.7 Å². The number of amides is 2. The standard InChI is InChI=1S/C17H32N6O2.ClH/c18-14(16(25)22-7-3-1-2-4-8-22)10-15(24)21-11-13-6-5-9-23(12-13)17(19)20;/h13-14H,1-12,18H2,(H3,19,20)(H,21,24);1H/t13-,14-;/m0./s1. The zero-order valence-electron chi connectivity index (χ0n) is 15.4. The Morgan fingerprint density at radius 3 is 2.31 bits per heavy atom. The fraction of sp³-hybridized carbons (Fsp3) is 0.824. The van der Waals surface area contributed by atoms with Gasteiger partial charge in [0.05, 0.1) is 12.5 Å². The van der Waals surface area contributed by atoms with Crippen molar-refractivity contribution in [3.05, 3.63) is 0 Å². The van der Waals surface area contributed by atoms with E-state index in [2.05, 4.69) is 5.32 Å². The maximum atomic E-state index is 12.4. The van der Waals surface area contributed by atoms with E-state index in [1.165, 1.54) is 0 Å². The van der Waals surface area contributed by atoms with Crippen LogP contribution in [0.2, 0.25) is 0 Å². The Balaban J connectivity index is 0.00000338. The van der Waals surface area contributed by atoms with Crippen molar-refractivity contribution in [1.82, 2.24) is 15.1 Å². The highest BCUT2D eigenvalue weighted by molar-refractivity contribution is 5.88. The van der Waals surface area contributed by atoms with Gasteiger partial charge in [0.1, 0.15) is 0 Å². The highest BCUT2D eigenvalue weighted by Gasteiger charge is 2.25. The van der Waals surface area contributed by atoms with Crippen LogP contribution in [0.5, 0.6) is 0 Å². The molecule has 2 fully saturated rings. The molecule has 2 amide bonds. The summed E-state index contributed by atoms with van der Waals surface area (Å²) in [6.45, 7) is 3.52. The number of likely N-dealkylation sites (tertiary alicyclic amines) is 2. The van der Waals surface area contributed by atoms with Crippen LogP contribution < -0.4 is 16.8 Å². The zero-order valence-corrected chi connectivity index (χ0v) is 16.2. The van der Waals surface area contributed by atoms with Crippen LogP contribution in [0.4, 0.5) is 0 Å². The molecule has 2 saturated heterocycles. The number of hydrogen-bond acceptors (Lipinski definition) is 4. The second kappa shape index (κ2) is 11.2. The molecule has 6 N–H and O–H groups in total. The smallest absolute Gasteiger partial charge is 0.240 e. The highest BCUT2D eigenvalue weighted by Crippen LogP contribution is 2.15. The first-order valence-corrected chi connectivity index (χ1v) is 9.37. The van der Waals surface area contributed by atoms with E-state index >= 15 is 0 Å². The summed E-state index contributed by atoms with van der Waals surface area (Å²) in [6, 6.07) is -0.766. The predicted octanol–water partition coefficient (Wildman–Crippen LogP) is 0.250. The van der Waals surface area contributed by atoms with Crippen molar-refractivity contribution in [1.29, 1.82) is 5.41 Å². The first-order valence-electron chi connectivity index (χ1n) is 9.37. The Kier molecular flexibility index (Phi) is 9.72. The lowest BCUT2D eigenvalue weighted by Gasteiger charge is -2.33. The summed E-state index contributed by atoms with van der Waals surface area (Å²) in [5.41, 5.74) is 11.5. The van der Waals surface area contributed by atoms with Gasteiger partial charge in [-0.15, -0.1) is 12.4 Å². The Labute approximate surface area is 161 Å². The molecule has 8 nitrogen and oxygen atoms in total. The van der Waals surface area contributed by atoms with Crippen LogP contribution in [0.3, 0.4) is 0 Å². The minimum atomic E-state index is -0.766. The second-order valence-electron chi connectivity index (χ2n) is 7.19. The molecule has 2 atom stereocenters. The van der Waals surface area contributed by atoms with Crippen LogP contribution in [0, 0.1) is 11.3 Å². The third-order valence-electron chi connectivity index (χ3n) is 5.09. The average Bonchev–Trinajstić information content (AvgIpc) is 2.88. The number of piperidine rings is 1. The van der Waals surface area contributed by atoms with Gasteiger partial charge in [-0.3, -0.25) is 15.0 Å². The molecule has 0 aromatic heterocycles. The molecule has 26 heavy (non-hydrogen) atoms. The Bertz CT molecular complexity index is 482. The van der Waals surface area contributed by atoms with E-state index in [-0.39, 0.29) is 42.5 Å². The van der Waals surface area contributed by atoms with E-state index in [0.717, 1.165) is 58.2 Å². The van der Waals surface area contributed by atoms with Crippen LogP contribution in [0.1, 0.15) is 44.9 Å². The third kappa shape index (κ3) is 6.99. The molecular weight excluding hydrogens is 356 g/mol. The Morgan fingerprint density at radius 2 is 1.69 bits per heavy atom. The predicted molar refractivity (Wildman–Crippen MR) is 104 cm³/mol. The molecule has 0 saturated carbocycles. The summed E-state index contributed by atoms with van der Waals surface area (Å²) in [7, 11) is 0. The Hall–Kier alpha value is -1.54. The van der Waals surface area contributed by atoms with Crippen LogP contribution in [-0.2, 0) is 9.59 Å². The van der Waals surface area contributed by atoms with Gasteiger partial charge < -0.3 is 26.6 Å². The maximum Gasteiger partial charge on any atom is 0.240 e. The summed E-state index contributed by atoms with van der Waals surface area (Å²) >= 11 is 0. The number of hydrogen-bond donors (Lipinski definition) is 4. The van der Waals surface area contributed by atoms with Gasteiger partial charge in [-0.2, -0.15) is 0 Å². The monoisotopic (exact) mass is 388 g/mol. The number of nitrogens with one attached hydrogen (secondary N) is 2. The van der Waals surface area contributed by atoms with Crippen molar-refractivity contribution in [3.8, 4) is 0 Å². The summed E-state index contributed by atoms with van der Waals surface area (Å²) < 4.78 is 0. The van der Waals surface area contributed by atoms with Gasteiger partial charge in [0.2, 0.25) is 11.8 Å². The van der Waals surface area contributed by atoms with E-state index < -0.39 is 6.04 Å². The summed E-state index contributed by atoms with van der Waals surface area (Å²) in [5.74, 6) is 0.0633. The number of nitrogens with zero attached hydrogens (tertiary/aromatic N) is 2. The fourth-order valence-electron chi connectivity index (χ4n) is 3.59. The SMILES string of the molecule is Cl.N=C(N)N1CCC[C@@H](CNC(=O)C[C@H](N)C(=O)N2CCCCCC2)C1. The number of carbonyl (C=O) groups excluding carboxylic acids is 2. The largest absolute Gasteiger partial charge is 0.370 e. The second-order valence-corrected chi connectivity index (χ2v) is 7.19. The molecule has 0 bridgehead atoms. The average molecular weight is 389 g/mol. The number of halogens is 1.